The van der Waals surface area contributed by atoms with Gasteiger partial charge in [0.2, 0.25) is 0 Å². The Balaban J connectivity index is 2.18. The van der Waals surface area contributed by atoms with Gasteiger partial charge in [-0.25, -0.2) is 0 Å². The third kappa shape index (κ3) is 2.10. The zero-order chi connectivity index (χ0) is 10.9. The molecule has 1 fully saturated rings. The minimum Gasteiger partial charge on any atom is -0.365 e. The van der Waals surface area contributed by atoms with E-state index in [-0.39, 0.29) is 0 Å². The Morgan fingerprint density at radius 3 is 2.73 bits per heavy atom. The lowest BCUT2D eigenvalue weighted by Crippen LogP contribution is -2.63. The van der Waals surface area contributed by atoms with E-state index in [0.717, 1.165) is 10.2 Å². The molecule has 1 heterocycles. The summed E-state index contributed by atoms with van der Waals surface area (Å²) < 4.78 is 0.828. The van der Waals surface area contributed by atoms with Crippen molar-refractivity contribution < 1.29 is 0 Å². The second kappa shape index (κ2) is 4.01. The lowest BCUT2D eigenvalue weighted by atomic mass is 9.94. The Bertz CT molecular complexity index is 423. The second-order valence-corrected chi connectivity index (χ2v) is 4.81. The summed E-state index contributed by atoms with van der Waals surface area (Å²) in [4.78, 5) is 0. The fourth-order valence-corrected chi connectivity index (χ4v) is 1.92. The number of halogens is 2. The first-order valence-corrected chi connectivity index (χ1v) is 5.67. The highest BCUT2D eigenvalue weighted by atomic mass is 79.9. The van der Waals surface area contributed by atoms with Crippen LogP contribution in [0.3, 0.4) is 0 Å². The van der Waals surface area contributed by atoms with Gasteiger partial charge in [0.25, 0.3) is 0 Å². The lowest BCUT2D eigenvalue weighted by Gasteiger charge is -2.37. The molecule has 78 valence electrons. The van der Waals surface area contributed by atoms with Crippen LogP contribution in [0.2, 0.25) is 5.02 Å². The molecule has 3 nitrogen and oxygen atoms in total. The van der Waals surface area contributed by atoms with E-state index in [4.69, 9.17) is 16.9 Å². The minimum atomic E-state index is -0.465. The molecule has 0 bridgehead atoms. The number of hydrogen-bond donors (Lipinski definition) is 2. The molecule has 2 N–H and O–H groups in total. The molecule has 0 atom stereocenters. The van der Waals surface area contributed by atoms with Crippen molar-refractivity contribution in [3.63, 3.8) is 0 Å². The first kappa shape index (κ1) is 10.7. The van der Waals surface area contributed by atoms with E-state index in [1.54, 1.807) is 6.07 Å². The van der Waals surface area contributed by atoms with Gasteiger partial charge in [0.15, 0.2) is 0 Å². The summed E-state index contributed by atoms with van der Waals surface area (Å²) in [5.74, 6) is 0. The van der Waals surface area contributed by atoms with Crippen molar-refractivity contribution in [1.82, 2.24) is 5.32 Å². The predicted molar refractivity (Wildman–Crippen MR) is 64.0 cm³/mol. The second-order valence-electron chi connectivity index (χ2n) is 3.55. The third-order valence-corrected chi connectivity index (χ3v) is 3.58. The summed E-state index contributed by atoms with van der Waals surface area (Å²) in [7, 11) is 0. The fourth-order valence-electron chi connectivity index (χ4n) is 1.42. The zero-order valence-corrected chi connectivity index (χ0v) is 10.2. The van der Waals surface area contributed by atoms with E-state index < -0.39 is 5.54 Å². The highest BCUT2D eigenvalue weighted by molar-refractivity contribution is 9.10. The average Bonchev–Trinajstić information content (AvgIpc) is 2.17. The van der Waals surface area contributed by atoms with Crippen LogP contribution in [0.15, 0.2) is 22.7 Å². The summed E-state index contributed by atoms with van der Waals surface area (Å²) in [6, 6.07) is 7.81. The summed E-state index contributed by atoms with van der Waals surface area (Å²) >= 11 is 9.23. The third-order valence-electron chi connectivity index (χ3n) is 2.37. The van der Waals surface area contributed by atoms with Gasteiger partial charge in [0, 0.05) is 23.2 Å². The maximum Gasteiger partial charge on any atom is 0.150 e. The van der Waals surface area contributed by atoms with Crippen molar-refractivity contribution in [3.05, 3.63) is 27.7 Å². The Hall–Kier alpha value is -0.760. The van der Waals surface area contributed by atoms with E-state index in [1.165, 1.54) is 0 Å². The monoisotopic (exact) mass is 285 g/mol. The maximum atomic E-state index is 9.03. The quantitative estimate of drug-likeness (QED) is 0.877. The van der Waals surface area contributed by atoms with Crippen LogP contribution in [0.25, 0.3) is 0 Å². The number of hydrogen-bond acceptors (Lipinski definition) is 3. The molecule has 0 spiro atoms. The molecule has 2 rings (SSSR count). The van der Waals surface area contributed by atoms with Crippen molar-refractivity contribution in [2.45, 2.75) is 5.54 Å². The number of anilines is 1. The van der Waals surface area contributed by atoms with Crippen LogP contribution in [0, 0.1) is 11.3 Å². The highest BCUT2D eigenvalue weighted by Gasteiger charge is 2.36. The molecule has 0 aromatic heterocycles. The maximum absolute atomic E-state index is 9.03. The highest BCUT2D eigenvalue weighted by Crippen LogP contribution is 2.27. The number of nitriles is 1. The molecule has 1 aliphatic heterocycles. The SMILES string of the molecule is N#CC1(Nc2ccc(Cl)c(Br)c2)CNC1. The van der Waals surface area contributed by atoms with Gasteiger partial charge in [-0.05, 0) is 34.1 Å². The van der Waals surface area contributed by atoms with Gasteiger partial charge in [0.1, 0.15) is 5.54 Å². The molecule has 5 heteroatoms. The Morgan fingerprint density at radius 1 is 1.53 bits per heavy atom. The molecule has 1 aliphatic rings. The zero-order valence-electron chi connectivity index (χ0n) is 7.85. The molecular weight excluding hydrogens is 277 g/mol. The Kier molecular flexibility index (Phi) is 2.87. The van der Waals surface area contributed by atoms with Crippen LogP contribution in [-0.4, -0.2) is 18.6 Å². The first-order valence-electron chi connectivity index (χ1n) is 4.50. The van der Waals surface area contributed by atoms with Crippen molar-refractivity contribution in [2.75, 3.05) is 18.4 Å². The van der Waals surface area contributed by atoms with Crippen LogP contribution >= 0.6 is 27.5 Å². The number of rotatable bonds is 2. The summed E-state index contributed by atoms with van der Waals surface area (Å²) in [5.41, 5.74) is 0.433. The standard InChI is InChI=1S/C10H9BrClN3/c11-8-3-7(1-2-9(8)12)15-10(4-13)5-14-6-10/h1-3,14-15H,5-6H2. The minimum absolute atomic E-state index is 0.465. The smallest absolute Gasteiger partial charge is 0.150 e. The number of benzene rings is 1. The molecule has 0 radical (unpaired) electrons. The molecule has 1 saturated heterocycles. The van der Waals surface area contributed by atoms with E-state index in [0.29, 0.717) is 18.1 Å². The van der Waals surface area contributed by atoms with Gasteiger partial charge >= 0.3 is 0 Å². The Labute approximate surface area is 102 Å². The van der Waals surface area contributed by atoms with Gasteiger partial charge in [-0.3, -0.25) is 0 Å². The van der Waals surface area contributed by atoms with Crippen LogP contribution in [-0.2, 0) is 0 Å². The molecule has 0 saturated carbocycles. The molecule has 1 aromatic rings. The van der Waals surface area contributed by atoms with Gasteiger partial charge < -0.3 is 10.6 Å². The van der Waals surface area contributed by atoms with Crippen LogP contribution < -0.4 is 10.6 Å². The van der Waals surface area contributed by atoms with Gasteiger partial charge in [0.05, 0.1) is 11.1 Å². The van der Waals surface area contributed by atoms with Crippen molar-refractivity contribution in [1.29, 1.82) is 5.26 Å². The van der Waals surface area contributed by atoms with Crippen LogP contribution in [0.4, 0.5) is 5.69 Å². The van der Waals surface area contributed by atoms with E-state index in [2.05, 4.69) is 32.6 Å². The number of nitrogens with one attached hydrogen (secondary N) is 2. The predicted octanol–water partition coefficient (Wildman–Crippen LogP) is 2.38. The molecule has 0 amide bonds. The fraction of sp³-hybridized carbons (Fsp3) is 0.300. The number of nitrogens with zero attached hydrogens (tertiary/aromatic N) is 1. The summed E-state index contributed by atoms with van der Waals surface area (Å²) in [6.07, 6.45) is 0. The van der Waals surface area contributed by atoms with Crippen molar-refractivity contribution in [3.8, 4) is 6.07 Å². The Morgan fingerprint density at radius 2 is 2.27 bits per heavy atom. The van der Waals surface area contributed by atoms with Gasteiger partial charge in [-0.2, -0.15) is 5.26 Å². The van der Waals surface area contributed by atoms with Gasteiger partial charge in [-0.15, -0.1) is 0 Å². The topological polar surface area (TPSA) is 47.9 Å². The molecule has 0 aliphatic carbocycles. The van der Waals surface area contributed by atoms with Crippen molar-refractivity contribution >= 4 is 33.2 Å². The van der Waals surface area contributed by atoms with Crippen LogP contribution in [0.1, 0.15) is 0 Å². The molecular formula is C10H9BrClN3. The van der Waals surface area contributed by atoms with Gasteiger partial charge in [-0.1, -0.05) is 11.6 Å². The molecule has 0 unspecified atom stereocenters. The van der Waals surface area contributed by atoms with Crippen molar-refractivity contribution in [2.24, 2.45) is 0 Å². The van der Waals surface area contributed by atoms with E-state index in [1.807, 2.05) is 12.1 Å². The molecule has 1 aromatic carbocycles. The van der Waals surface area contributed by atoms with E-state index in [9.17, 15) is 0 Å². The summed E-state index contributed by atoms with van der Waals surface area (Å²) in [5, 5.41) is 16.0. The first-order chi connectivity index (χ1) is 7.15. The van der Waals surface area contributed by atoms with Crippen LogP contribution in [0.5, 0.6) is 0 Å². The normalized spacial score (nSPS) is 17.7. The average molecular weight is 287 g/mol. The lowest BCUT2D eigenvalue weighted by molar-refractivity contribution is 0.387. The van der Waals surface area contributed by atoms with E-state index >= 15 is 0 Å². The largest absolute Gasteiger partial charge is 0.365 e. The summed E-state index contributed by atoms with van der Waals surface area (Å²) in [6.45, 7) is 1.34. The molecule has 15 heavy (non-hydrogen) atoms.